The molecular weight excluding hydrogens is 200 g/mol. The third-order valence-electron chi connectivity index (χ3n) is 2.45. The van der Waals surface area contributed by atoms with E-state index in [0.29, 0.717) is 5.56 Å². The third-order valence-corrected chi connectivity index (χ3v) is 2.45. The molecule has 3 nitrogen and oxygen atoms in total. The van der Waals surface area contributed by atoms with Crippen molar-refractivity contribution in [3.05, 3.63) is 29.8 Å². The average molecular weight is 216 g/mol. The Bertz CT molecular complexity index is 389. The van der Waals surface area contributed by atoms with Gasteiger partial charge in [-0.15, -0.1) is 0 Å². The number of benzene rings is 1. The van der Waals surface area contributed by atoms with E-state index in [9.17, 15) is 4.79 Å². The van der Waals surface area contributed by atoms with E-state index in [2.05, 4.69) is 12.2 Å². The molecule has 1 aromatic rings. The second-order valence-corrected chi connectivity index (χ2v) is 3.87. The molecule has 0 spiro atoms. The van der Waals surface area contributed by atoms with Gasteiger partial charge >= 0.3 is 0 Å². The molecule has 1 amide bonds. The largest absolute Gasteiger partial charge is 0.326 e. The Morgan fingerprint density at radius 1 is 1.44 bits per heavy atom. The number of anilines is 1. The number of nitrogens with one attached hydrogen (secondary N) is 1. The summed E-state index contributed by atoms with van der Waals surface area (Å²) in [4.78, 5) is 11.7. The van der Waals surface area contributed by atoms with Crippen molar-refractivity contribution in [3.8, 4) is 6.07 Å². The van der Waals surface area contributed by atoms with Crippen LogP contribution in [0.3, 0.4) is 0 Å². The normalized spacial score (nSPS) is 11.6. The summed E-state index contributed by atoms with van der Waals surface area (Å²) in [5.41, 5.74) is 1.34. The van der Waals surface area contributed by atoms with Gasteiger partial charge < -0.3 is 5.32 Å². The van der Waals surface area contributed by atoms with Crippen molar-refractivity contribution >= 4 is 11.6 Å². The number of carbonyl (C=O) groups is 1. The summed E-state index contributed by atoms with van der Waals surface area (Å²) in [6.45, 7) is 3.98. The number of nitriles is 1. The number of carbonyl (C=O) groups excluding carboxylic acids is 1. The highest BCUT2D eigenvalue weighted by Gasteiger charge is 2.11. The van der Waals surface area contributed by atoms with Crippen LogP contribution in [0.2, 0.25) is 0 Å². The zero-order valence-electron chi connectivity index (χ0n) is 9.66. The Morgan fingerprint density at radius 2 is 2.06 bits per heavy atom. The molecule has 0 aliphatic heterocycles. The molecule has 0 fully saturated rings. The average Bonchev–Trinajstić information content (AvgIpc) is 2.30. The number of hydrogen-bond acceptors (Lipinski definition) is 2. The van der Waals surface area contributed by atoms with E-state index in [1.165, 1.54) is 0 Å². The Morgan fingerprint density at radius 3 is 2.56 bits per heavy atom. The molecule has 0 heterocycles. The zero-order chi connectivity index (χ0) is 12.0. The first-order valence-corrected chi connectivity index (χ1v) is 5.48. The summed E-state index contributed by atoms with van der Waals surface area (Å²) < 4.78 is 0. The van der Waals surface area contributed by atoms with Gasteiger partial charge in [-0.3, -0.25) is 4.79 Å². The lowest BCUT2D eigenvalue weighted by atomic mass is 10.1. The van der Waals surface area contributed by atoms with E-state index >= 15 is 0 Å². The van der Waals surface area contributed by atoms with Crippen LogP contribution in [-0.2, 0) is 4.79 Å². The molecule has 0 saturated heterocycles. The first-order valence-electron chi connectivity index (χ1n) is 5.48. The van der Waals surface area contributed by atoms with Gasteiger partial charge in [0, 0.05) is 11.6 Å². The maximum Gasteiger partial charge on any atom is 0.227 e. The number of nitrogens with zero attached hydrogens (tertiary/aromatic N) is 1. The van der Waals surface area contributed by atoms with E-state index in [1.807, 2.05) is 13.0 Å². The highest BCUT2D eigenvalue weighted by molar-refractivity contribution is 5.92. The second-order valence-electron chi connectivity index (χ2n) is 3.87. The molecule has 1 aromatic carbocycles. The Hall–Kier alpha value is -1.82. The van der Waals surface area contributed by atoms with E-state index < -0.39 is 0 Å². The van der Waals surface area contributed by atoms with Crippen molar-refractivity contribution in [2.45, 2.75) is 26.7 Å². The number of rotatable bonds is 4. The monoisotopic (exact) mass is 216 g/mol. The summed E-state index contributed by atoms with van der Waals surface area (Å²) in [7, 11) is 0. The van der Waals surface area contributed by atoms with E-state index in [4.69, 9.17) is 5.26 Å². The molecule has 1 rings (SSSR count). The van der Waals surface area contributed by atoms with Crippen molar-refractivity contribution in [2.75, 3.05) is 5.32 Å². The minimum absolute atomic E-state index is 0.0284. The van der Waals surface area contributed by atoms with Gasteiger partial charge in [-0.05, 0) is 30.7 Å². The van der Waals surface area contributed by atoms with Gasteiger partial charge in [0.15, 0.2) is 0 Å². The zero-order valence-corrected chi connectivity index (χ0v) is 9.66. The van der Waals surface area contributed by atoms with E-state index in [-0.39, 0.29) is 11.8 Å². The molecule has 1 atom stereocenters. The lowest BCUT2D eigenvalue weighted by Gasteiger charge is -2.10. The van der Waals surface area contributed by atoms with Gasteiger partial charge in [-0.25, -0.2) is 0 Å². The van der Waals surface area contributed by atoms with Crippen LogP contribution in [-0.4, -0.2) is 5.91 Å². The number of hydrogen-bond donors (Lipinski definition) is 1. The molecule has 0 radical (unpaired) electrons. The maximum absolute atomic E-state index is 11.7. The minimum atomic E-state index is 0.0284. The highest BCUT2D eigenvalue weighted by Crippen LogP contribution is 2.12. The first kappa shape index (κ1) is 12.3. The lowest BCUT2D eigenvalue weighted by molar-refractivity contribution is -0.119. The van der Waals surface area contributed by atoms with Gasteiger partial charge in [0.05, 0.1) is 11.6 Å². The Labute approximate surface area is 96.1 Å². The quantitative estimate of drug-likeness (QED) is 0.841. The fourth-order valence-electron chi connectivity index (χ4n) is 1.46. The van der Waals surface area contributed by atoms with Crippen LogP contribution in [0.5, 0.6) is 0 Å². The van der Waals surface area contributed by atoms with Gasteiger partial charge in [-0.1, -0.05) is 20.3 Å². The van der Waals surface area contributed by atoms with Crippen molar-refractivity contribution in [1.29, 1.82) is 5.26 Å². The van der Waals surface area contributed by atoms with Gasteiger partial charge in [0.25, 0.3) is 0 Å². The van der Waals surface area contributed by atoms with Gasteiger partial charge in [-0.2, -0.15) is 5.26 Å². The lowest BCUT2D eigenvalue weighted by Crippen LogP contribution is -2.20. The predicted octanol–water partition coefficient (Wildman–Crippen LogP) is 2.93. The molecule has 0 saturated carbocycles. The van der Waals surface area contributed by atoms with Crippen LogP contribution in [0.25, 0.3) is 0 Å². The molecule has 1 N–H and O–H groups in total. The molecule has 0 unspecified atom stereocenters. The molecule has 16 heavy (non-hydrogen) atoms. The standard InChI is InChI=1S/C13H16N2O/c1-3-4-10(2)13(16)15-12-7-5-11(9-14)6-8-12/h5-8,10H,3-4H2,1-2H3,(H,15,16)/t10-/m1/s1. The Kier molecular flexibility index (Phi) is 4.53. The fraction of sp³-hybridized carbons (Fsp3) is 0.385. The molecule has 3 heteroatoms. The van der Waals surface area contributed by atoms with Crippen LogP contribution in [0.15, 0.2) is 24.3 Å². The van der Waals surface area contributed by atoms with Crippen molar-refractivity contribution in [3.63, 3.8) is 0 Å². The predicted molar refractivity (Wildman–Crippen MR) is 63.9 cm³/mol. The minimum Gasteiger partial charge on any atom is -0.326 e. The maximum atomic E-state index is 11.7. The van der Waals surface area contributed by atoms with Crippen molar-refractivity contribution < 1.29 is 4.79 Å². The fourth-order valence-corrected chi connectivity index (χ4v) is 1.46. The summed E-state index contributed by atoms with van der Waals surface area (Å²) in [6.07, 6.45) is 1.89. The van der Waals surface area contributed by atoms with Crippen LogP contribution >= 0.6 is 0 Å². The summed E-state index contributed by atoms with van der Waals surface area (Å²) >= 11 is 0. The van der Waals surface area contributed by atoms with Crippen LogP contribution < -0.4 is 5.32 Å². The highest BCUT2D eigenvalue weighted by atomic mass is 16.1. The van der Waals surface area contributed by atoms with Gasteiger partial charge in [0.1, 0.15) is 0 Å². The molecule has 0 bridgehead atoms. The SMILES string of the molecule is CCC[C@@H](C)C(=O)Nc1ccc(C#N)cc1. The molecule has 84 valence electrons. The molecular formula is C13H16N2O. The molecule has 0 aromatic heterocycles. The summed E-state index contributed by atoms with van der Waals surface area (Å²) in [5, 5.41) is 11.5. The van der Waals surface area contributed by atoms with E-state index in [1.54, 1.807) is 24.3 Å². The Balaban J connectivity index is 2.60. The van der Waals surface area contributed by atoms with Crippen LogP contribution in [0.4, 0.5) is 5.69 Å². The van der Waals surface area contributed by atoms with Crippen LogP contribution in [0, 0.1) is 17.2 Å². The smallest absolute Gasteiger partial charge is 0.227 e. The second kappa shape index (κ2) is 5.92. The summed E-state index contributed by atoms with van der Waals surface area (Å²) in [5.74, 6) is 0.0622. The number of amides is 1. The van der Waals surface area contributed by atoms with E-state index in [0.717, 1.165) is 18.5 Å². The first-order chi connectivity index (χ1) is 7.67. The topological polar surface area (TPSA) is 52.9 Å². The van der Waals surface area contributed by atoms with Crippen molar-refractivity contribution in [2.24, 2.45) is 5.92 Å². The van der Waals surface area contributed by atoms with Crippen molar-refractivity contribution in [1.82, 2.24) is 0 Å². The van der Waals surface area contributed by atoms with Gasteiger partial charge in [0.2, 0.25) is 5.91 Å². The molecule has 0 aliphatic rings. The van der Waals surface area contributed by atoms with Crippen LogP contribution in [0.1, 0.15) is 32.3 Å². The molecule has 0 aliphatic carbocycles. The third kappa shape index (κ3) is 3.39. The summed E-state index contributed by atoms with van der Waals surface area (Å²) in [6, 6.07) is 8.92.